The van der Waals surface area contributed by atoms with Crippen molar-refractivity contribution in [3.63, 3.8) is 0 Å². The van der Waals surface area contributed by atoms with Crippen LogP contribution >= 0.6 is 0 Å². The van der Waals surface area contributed by atoms with Crippen molar-refractivity contribution in [3.05, 3.63) is 35.9 Å². The molecule has 4 nitrogen and oxygen atoms in total. The highest BCUT2D eigenvalue weighted by atomic mass is 16.7. The summed E-state index contributed by atoms with van der Waals surface area (Å²) < 4.78 is 4.94. The predicted octanol–water partition coefficient (Wildman–Crippen LogP) is 1.82. The molecule has 19 heavy (non-hydrogen) atoms. The van der Waals surface area contributed by atoms with Crippen LogP contribution in [0.25, 0.3) is 0 Å². The molecule has 2 rings (SSSR count). The zero-order valence-corrected chi connectivity index (χ0v) is 11.7. The first-order valence-electron chi connectivity index (χ1n) is 7.01. The third kappa shape index (κ3) is 5.28. The molecule has 1 aliphatic heterocycles. The third-order valence-corrected chi connectivity index (χ3v) is 3.48. The fourth-order valence-corrected chi connectivity index (χ4v) is 2.35. The number of nitrogens with one attached hydrogen (secondary N) is 1. The molecule has 1 N–H and O–H groups in total. The first-order valence-corrected chi connectivity index (χ1v) is 7.01. The number of hydrogen-bond acceptors (Lipinski definition) is 4. The van der Waals surface area contributed by atoms with E-state index in [4.69, 9.17) is 9.57 Å². The summed E-state index contributed by atoms with van der Waals surface area (Å²) in [6.45, 7) is 4.55. The topological polar surface area (TPSA) is 33.7 Å². The first kappa shape index (κ1) is 14.5. The highest BCUT2D eigenvalue weighted by Gasteiger charge is 2.18. The normalized spacial score (nSPS) is 17.7. The standard InChI is InChI=1S/C15H24N2O2/c1-18-11-12-19-16-15-7-9-17(10-8-15)13-14-5-3-2-4-6-14/h2-6,15-16H,7-13H2,1H3. The highest BCUT2D eigenvalue weighted by molar-refractivity contribution is 5.14. The Balaban J connectivity index is 1.62. The molecular formula is C15H24N2O2. The van der Waals surface area contributed by atoms with Crippen LogP contribution in [0.1, 0.15) is 18.4 Å². The fraction of sp³-hybridized carbons (Fsp3) is 0.600. The zero-order chi connectivity index (χ0) is 13.3. The van der Waals surface area contributed by atoms with Crippen molar-refractivity contribution in [2.75, 3.05) is 33.4 Å². The summed E-state index contributed by atoms with van der Waals surface area (Å²) in [5, 5.41) is 0. The van der Waals surface area contributed by atoms with Gasteiger partial charge in [0.15, 0.2) is 0 Å². The largest absolute Gasteiger partial charge is 0.382 e. The first-order chi connectivity index (χ1) is 9.38. The molecule has 0 aliphatic carbocycles. The van der Waals surface area contributed by atoms with Crippen molar-refractivity contribution in [1.29, 1.82) is 0 Å². The van der Waals surface area contributed by atoms with E-state index in [0.29, 0.717) is 19.3 Å². The van der Waals surface area contributed by atoms with E-state index >= 15 is 0 Å². The molecule has 1 fully saturated rings. The number of hydroxylamine groups is 1. The minimum absolute atomic E-state index is 0.476. The molecule has 106 valence electrons. The van der Waals surface area contributed by atoms with Gasteiger partial charge in [0.1, 0.15) is 0 Å². The molecule has 0 aromatic heterocycles. The summed E-state index contributed by atoms with van der Waals surface area (Å²) in [7, 11) is 1.69. The average molecular weight is 264 g/mol. The number of benzene rings is 1. The molecule has 4 heteroatoms. The minimum Gasteiger partial charge on any atom is -0.382 e. The van der Waals surface area contributed by atoms with Gasteiger partial charge in [-0.25, -0.2) is 0 Å². The van der Waals surface area contributed by atoms with Gasteiger partial charge in [0.2, 0.25) is 0 Å². The molecule has 1 heterocycles. The second-order valence-electron chi connectivity index (χ2n) is 5.00. The summed E-state index contributed by atoms with van der Waals surface area (Å²) in [5.74, 6) is 0. The number of methoxy groups -OCH3 is 1. The quantitative estimate of drug-likeness (QED) is 0.601. The van der Waals surface area contributed by atoms with E-state index in [9.17, 15) is 0 Å². The van der Waals surface area contributed by atoms with Crippen LogP contribution in [-0.4, -0.2) is 44.4 Å². The van der Waals surface area contributed by atoms with E-state index in [2.05, 4.69) is 40.7 Å². The van der Waals surface area contributed by atoms with Crippen molar-refractivity contribution in [1.82, 2.24) is 10.4 Å². The van der Waals surface area contributed by atoms with Gasteiger partial charge in [0, 0.05) is 32.8 Å². The molecule has 0 amide bonds. The molecule has 0 atom stereocenters. The number of rotatable bonds is 7. The molecular weight excluding hydrogens is 240 g/mol. The summed E-state index contributed by atoms with van der Waals surface area (Å²) in [4.78, 5) is 7.88. The second kappa shape index (κ2) is 8.27. The summed E-state index contributed by atoms with van der Waals surface area (Å²) >= 11 is 0. The zero-order valence-electron chi connectivity index (χ0n) is 11.7. The predicted molar refractivity (Wildman–Crippen MR) is 75.7 cm³/mol. The molecule has 1 aliphatic rings. The Labute approximate surface area is 115 Å². The Morgan fingerprint density at radius 3 is 2.58 bits per heavy atom. The van der Waals surface area contributed by atoms with Crippen LogP contribution in [0.5, 0.6) is 0 Å². The van der Waals surface area contributed by atoms with Crippen LogP contribution in [-0.2, 0) is 16.1 Å². The lowest BCUT2D eigenvalue weighted by Gasteiger charge is -2.32. The van der Waals surface area contributed by atoms with Gasteiger partial charge in [-0.3, -0.25) is 9.74 Å². The van der Waals surface area contributed by atoms with Gasteiger partial charge >= 0.3 is 0 Å². The number of piperidine rings is 1. The lowest BCUT2D eigenvalue weighted by molar-refractivity contribution is -0.0238. The van der Waals surface area contributed by atoms with Crippen LogP contribution in [0.4, 0.5) is 0 Å². The summed E-state index contributed by atoms with van der Waals surface area (Å²) in [5.41, 5.74) is 4.53. The Morgan fingerprint density at radius 2 is 1.89 bits per heavy atom. The van der Waals surface area contributed by atoms with E-state index < -0.39 is 0 Å². The maximum Gasteiger partial charge on any atom is 0.0915 e. The highest BCUT2D eigenvalue weighted by Crippen LogP contribution is 2.13. The second-order valence-corrected chi connectivity index (χ2v) is 5.00. The van der Waals surface area contributed by atoms with Gasteiger partial charge in [0.05, 0.1) is 13.2 Å². The lowest BCUT2D eigenvalue weighted by Crippen LogP contribution is -2.42. The Kier molecular flexibility index (Phi) is 6.30. The molecule has 0 spiro atoms. The third-order valence-electron chi connectivity index (χ3n) is 3.48. The SMILES string of the molecule is COCCONC1CCN(Cc2ccccc2)CC1. The van der Waals surface area contributed by atoms with E-state index in [-0.39, 0.29) is 0 Å². The van der Waals surface area contributed by atoms with Crippen molar-refractivity contribution in [3.8, 4) is 0 Å². The number of likely N-dealkylation sites (tertiary alicyclic amines) is 1. The van der Waals surface area contributed by atoms with Crippen LogP contribution in [0.3, 0.4) is 0 Å². The molecule has 0 unspecified atom stereocenters. The van der Waals surface area contributed by atoms with Crippen LogP contribution in [0.2, 0.25) is 0 Å². The fourth-order valence-electron chi connectivity index (χ4n) is 2.35. The van der Waals surface area contributed by atoms with Gasteiger partial charge in [-0.1, -0.05) is 30.3 Å². The number of ether oxygens (including phenoxy) is 1. The molecule has 1 aromatic rings. The molecule has 0 bridgehead atoms. The van der Waals surface area contributed by atoms with E-state index in [1.165, 1.54) is 5.56 Å². The Bertz CT molecular complexity index is 337. The minimum atomic E-state index is 0.476. The van der Waals surface area contributed by atoms with Gasteiger partial charge in [0.25, 0.3) is 0 Å². The van der Waals surface area contributed by atoms with Crippen LogP contribution in [0, 0.1) is 0 Å². The summed E-state index contributed by atoms with van der Waals surface area (Å²) in [6, 6.07) is 11.1. The Morgan fingerprint density at radius 1 is 1.16 bits per heavy atom. The average Bonchev–Trinajstić information content (AvgIpc) is 2.46. The van der Waals surface area contributed by atoms with E-state index in [1.54, 1.807) is 7.11 Å². The van der Waals surface area contributed by atoms with Crippen LogP contribution < -0.4 is 5.48 Å². The maximum atomic E-state index is 5.37. The maximum absolute atomic E-state index is 5.37. The smallest absolute Gasteiger partial charge is 0.0915 e. The van der Waals surface area contributed by atoms with E-state index in [0.717, 1.165) is 32.5 Å². The number of nitrogens with zero attached hydrogens (tertiary/aromatic N) is 1. The van der Waals surface area contributed by atoms with Gasteiger partial charge in [-0.05, 0) is 18.4 Å². The molecule has 1 aromatic carbocycles. The van der Waals surface area contributed by atoms with Gasteiger partial charge < -0.3 is 4.74 Å². The van der Waals surface area contributed by atoms with Crippen molar-refractivity contribution >= 4 is 0 Å². The molecule has 1 saturated heterocycles. The van der Waals surface area contributed by atoms with Crippen molar-refractivity contribution in [2.45, 2.75) is 25.4 Å². The molecule has 0 saturated carbocycles. The Hall–Kier alpha value is -0.940. The van der Waals surface area contributed by atoms with Gasteiger partial charge in [-0.2, -0.15) is 5.48 Å². The molecule has 0 radical (unpaired) electrons. The van der Waals surface area contributed by atoms with Crippen molar-refractivity contribution < 1.29 is 9.57 Å². The number of hydrogen-bond donors (Lipinski definition) is 1. The van der Waals surface area contributed by atoms with E-state index in [1.807, 2.05) is 0 Å². The monoisotopic (exact) mass is 264 g/mol. The van der Waals surface area contributed by atoms with Crippen molar-refractivity contribution in [2.24, 2.45) is 0 Å². The van der Waals surface area contributed by atoms with Gasteiger partial charge in [-0.15, -0.1) is 0 Å². The summed E-state index contributed by atoms with van der Waals surface area (Å²) in [6.07, 6.45) is 2.28. The lowest BCUT2D eigenvalue weighted by atomic mass is 10.1. The van der Waals surface area contributed by atoms with Crippen LogP contribution in [0.15, 0.2) is 30.3 Å².